The molecule has 0 radical (unpaired) electrons. The smallest absolute Gasteiger partial charge is 0.311 e. The average molecular weight is 1270 g/mol. The number of quaternary nitrogens is 3. The van der Waals surface area contributed by atoms with Gasteiger partial charge in [0.25, 0.3) is 0 Å². The maximum atomic E-state index is 11.9. The van der Waals surface area contributed by atoms with Gasteiger partial charge < -0.3 is 56.3 Å². The van der Waals surface area contributed by atoms with Gasteiger partial charge in [-0.25, -0.2) is 25.3 Å². The number of ether oxygens (including phenoxy) is 2. The van der Waals surface area contributed by atoms with Gasteiger partial charge in [0.05, 0.1) is 109 Å². The molecule has 1 amide bonds. The lowest BCUT2D eigenvalue weighted by Crippen LogP contribution is -2.49. The largest absolute Gasteiger partial charge is 0.748 e. The van der Waals surface area contributed by atoms with Crippen LogP contribution in [-0.4, -0.2) is 213 Å². The van der Waals surface area contributed by atoms with E-state index in [0.29, 0.717) is 83.2 Å². The van der Waals surface area contributed by atoms with Crippen LogP contribution in [0.1, 0.15) is 186 Å². The summed E-state index contributed by atoms with van der Waals surface area (Å²) in [6.07, 6.45) is 7.10. The summed E-state index contributed by atoms with van der Waals surface area (Å²) in [6.45, 7) is 31.8. The standard InChI is InChI=1S/C14H30N2O4S.C13H27NO6S.C13H27NO5S.2C3H8.C2H7P2S.6CH4/c1-6-14(2,3)13(17)15-9-7-10-16(4,5)11-8-12-21(18,19)20;1-6-13(2,3)12(16)20-8-7-14(4,5)9-11(15)10-21(17,18)19;1-6-13(2,3)12(15)19-10-9-14(4,5)8-7-11-20(16,17)18;2*1-3-2;1-4-5(2)3;;;;;;/h6-12H2,1-5H3,(H-,15,17,18,19,20);11,15H,6-10H2,1-5H3;6-11H2,1-5H3;2*3H2,1-2H3;3H,1-2H3;6*1H4/q;;;;;-1;;;;;;. The number of nitrogens with zero attached hydrogens (tertiary/aromatic N) is 3. The van der Waals surface area contributed by atoms with Crippen molar-refractivity contribution in [3.05, 3.63) is 0 Å². The molecule has 0 aliphatic heterocycles. The zero-order valence-electron chi connectivity index (χ0n) is 49.3. The van der Waals surface area contributed by atoms with E-state index in [9.17, 15) is 58.4 Å². The zero-order chi connectivity index (χ0) is 59.4. The SMILES string of the molecule is C.C.C.C.C.C.CCC.CCC.CCC(C)(C)C(=O)NCCC[N+](C)(C)CCCS(=O)(=O)[O-].CCC(C)(C)C(=O)OCC[N+](C)(C)CC(O)CS(=O)(=O)[O-].CCC(C)(C)C(=O)OCC[N+](C)(C)CCCS(=O)(=O)[O-].CP=[S-](C)=P. The normalized spacial score (nSPS) is 12.3. The molecule has 2 N–H and O–H groups in total. The van der Waals surface area contributed by atoms with Crippen molar-refractivity contribution in [1.29, 1.82) is 0 Å². The van der Waals surface area contributed by atoms with Crippen LogP contribution in [0.2, 0.25) is 0 Å². The van der Waals surface area contributed by atoms with Crippen molar-refractivity contribution < 1.29 is 81.3 Å². The van der Waals surface area contributed by atoms with Gasteiger partial charge in [0.1, 0.15) is 39.0 Å². The molecule has 0 bridgehead atoms. The van der Waals surface area contributed by atoms with Crippen LogP contribution in [0.3, 0.4) is 0 Å². The summed E-state index contributed by atoms with van der Waals surface area (Å²) in [5.41, 5.74) is -1.35. The molecule has 0 saturated carbocycles. The minimum absolute atomic E-state index is 0. The second-order valence-electron chi connectivity index (χ2n) is 21.9. The molecule has 0 aromatic carbocycles. The van der Waals surface area contributed by atoms with Crippen LogP contribution >= 0.6 is 15.4 Å². The molecule has 0 fully saturated rings. The van der Waals surface area contributed by atoms with Gasteiger partial charge in [-0.3, -0.25) is 29.8 Å². The van der Waals surface area contributed by atoms with Crippen molar-refractivity contribution in [2.24, 2.45) is 16.2 Å². The highest BCUT2D eigenvalue weighted by atomic mass is 32.7. The maximum absolute atomic E-state index is 11.9. The first kappa shape index (κ1) is 106. The second-order valence-corrected chi connectivity index (χ2v) is 33.3. The van der Waals surface area contributed by atoms with Gasteiger partial charge >= 0.3 is 11.9 Å². The Morgan fingerprint density at radius 2 is 0.848 bits per heavy atom. The molecule has 492 valence electrons. The number of esters is 2. The van der Waals surface area contributed by atoms with Crippen molar-refractivity contribution in [2.75, 3.05) is 131 Å². The lowest BCUT2D eigenvalue weighted by atomic mass is 9.89. The highest BCUT2D eigenvalue weighted by molar-refractivity contribution is 8.32. The maximum Gasteiger partial charge on any atom is 0.311 e. The van der Waals surface area contributed by atoms with Gasteiger partial charge in [-0.05, 0) is 53.6 Å². The summed E-state index contributed by atoms with van der Waals surface area (Å²) in [6, 6.07) is 0. The topological polar surface area (TPSA) is 274 Å². The van der Waals surface area contributed by atoms with E-state index < -0.39 is 53.0 Å². The Labute approximate surface area is 496 Å². The van der Waals surface area contributed by atoms with Crippen molar-refractivity contribution in [3.63, 3.8) is 0 Å². The average Bonchev–Trinajstić information content (AvgIpc) is 3.21. The lowest BCUT2D eigenvalue weighted by Gasteiger charge is -2.32. The highest BCUT2D eigenvalue weighted by Gasteiger charge is 2.30. The van der Waals surface area contributed by atoms with Crippen molar-refractivity contribution in [2.45, 2.75) is 192 Å². The van der Waals surface area contributed by atoms with Crippen LogP contribution in [0.5, 0.6) is 0 Å². The first-order chi connectivity index (χ1) is 32.7. The number of amides is 1. The Kier molecular flexibility index (Phi) is 70.5. The third-order valence-electron chi connectivity index (χ3n) is 11.1. The summed E-state index contributed by atoms with van der Waals surface area (Å²) < 4.78 is 107. The van der Waals surface area contributed by atoms with E-state index in [-0.39, 0.29) is 97.0 Å². The van der Waals surface area contributed by atoms with Crippen LogP contribution in [0.25, 0.3) is 0 Å². The van der Waals surface area contributed by atoms with Crippen LogP contribution in [0.15, 0.2) is 0 Å². The van der Waals surface area contributed by atoms with Gasteiger partial charge in [0.15, 0.2) is 0 Å². The molecule has 0 saturated heterocycles. The number of rotatable bonds is 28. The molecular weight excluding hydrogens is 1130 g/mol. The van der Waals surface area contributed by atoms with E-state index >= 15 is 0 Å². The van der Waals surface area contributed by atoms with Gasteiger partial charge in [0.2, 0.25) is 5.91 Å². The Morgan fingerprint density at radius 1 is 0.570 bits per heavy atom. The lowest BCUT2D eigenvalue weighted by molar-refractivity contribution is -0.893. The summed E-state index contributed by atoms with van der Waals surface area (Å²) in [4.78, 5) is 35.5. The molecule has 0 aliphatic carbocycles. The van der Waals surface area contributed by atoms with E-state index in [4.69, 9.17) is 9.47 Å². The summed E-state index contributed by atoms with van der Waals surface area (Å²) in [7, 11) is 3.95. The molecule has 1 atom stereocenters. The van der Waals surface area contributed by atoms with Crippen molar-refractivity contribution >= 4 is 72.8 Å². The fraction of sp³-hybridized carbons (Fsp3) is 0.944. The molecule has 19 nitrogen and oxygen atoms in total. The molecule has 0 rings (SSSR count). The number of carbonyl (C=O) groups is 3. The second kappa shape index (κ2) is 52.5. The fourth-order valence-corrected chi connectivity index (χ4v) is 6.61. The van der Waals surface area contributed by atoms with Crippen molar-refractivity contribution in [3.8, 4) is 0 Å². The number of nitrogens with one attached hydrogen (secondary N) is 1. The highest BCUT2D eigenvalue weighted by Crippen LogP contribution is 2.23. The molecular formula is C54H131N4O15P2S4-. The summed E-state index contributed by atoms with van der Waals surface area (Å²) >= 11 is 0. The first-order valence-electron chi connectivity index (χ1n) is 25.2. The van der Waals surface area contributed by atoms with Crippen LogP contribution < -0.4 is 5.32 Å². The Balaban J connectivity index is -0.0000000749. The van der Waals surface area contributed by atoms with Gasteiger partial charge in [-0.1, -0.05) is 120 Å². The molecule has 0 aromatic rings. The summed E-state index contributed by atoms with van der Waals surface area (Å²) in [5, 5.41) is 12.5. The molecule has 1 unspecified atom stereocenters. The Bertz CT molecular complexity index is 1930. The quantitative estimate of drug-likeness (QED) is 0.0184. The molecule has 0 spiro atoms. The number of hydrogen-bond donors (Lipinski definition) is 2. The Morgan fingerprint density at radius 3 is 1.11 bits per heavy atom. The molecule has 79 heavy (non-hydrogen) atoms. The monoisotopic (exact) mass is 1270 g/mol. The van der Waals surface area contributed by atoms with E-state index in [1.165, 1.54) is 20.2 Å². The molecule has 0 heterocycles. The minimum atomic E-state index is -4.45. The van der Waals surface area contributed by atoms with Gasteiger partial charge in [-0.15, -0.1) is 6.26 Å². The van der Waals surface area contributed by atoms with Crippen LogP contribution in [0, 0.1) is 16.2 Å². The molecule has 0 aromatic heterocycles. The fourth-order valence-electron chi connectivity index (χ4n) is 5.07. The van der Waals surface area contributed by atoms with E-state index in [1.807, 2.05) is 76.7 Å². The number of likely N-dealkylation sites (N-methyl/N-ethyl adjacent to an activating group) is 2. The van der Waals surface area contributed by atoms with Crippen LogP contribution in [-0.2, 0) is 63.5 Å². The number of aliphatic hydroxyl groups is 1. The molecule has 25 heteroatoms. The predicted octanol–water partition coefficient (Wildman–Crippen LogP) is 10.3. The predicted molar refractivity (Wildman–Crippen MR) is 343 cm³/mol. The molecule has 0 aliphatic rings. The number of carbonyl (C=O) groups excluding carboxylic acids is 3. The minimum Gasteiger partial charge on any atom is -0.748 e. The zero-order valence-corrected chi connectivity index (χ0v) is 54.5. The van der Waals surface area contributed by atoms with Crippen molar-refractivity contribution in [1.82, 2.24) is 5.32 Å². The third-order valence-corrected chi connectivity index (χ3v) is 17.4. The van der Waals surface area contributed by atoms with E-state index in [0.717, 1.165) is 19.4 Å². The first-order valence-corrected chi connectivity index (χ1v) is 34.8. The van der Waals surface area contributed by atoms with E-state index in [1.54, 1.807) is 27.9 Å². The number of aliphatic hydroxyl groups excluding tert-OH is 1. The van der Waals surface area contributed by atoms with E-state index in [2.05, 4.69) is 53.9 Å². The summed E-state index contributed by atoms with van der Waals surface area (Å²) in [5.74, 6) is -1.91. The van der Waals surface area contributed by atoms with Gasteiger partial charge in [0, 0.05) is 42.7 Å². The van der Waals surface area contributed by atoms with Gasteiger partial charge in [-0.2, -0.15) is 0 Å². The Hall–Kier alpha value is -1.07. The van der Waals surface area contributed by atoms with Crippen LogP contribution in [0.4, 0.5) is 0 Å². The number of hydrogen-bond acceptors (Lipinski definition) is 16. The third kappa shape index (κ3) is 74.9.